The van der Waals surface area contributed by atoms with Gasteiger partial charge in [-0.2, -0.15) is 0 Å². The van der Waals surface area contributed by atoms with Crippen LogP contribution >= 0.6 is 0 Å². The van der Waals surface area contributed by atoms with Crippen molar-refractivity contribution in [1.29, 1.82) is 0 Å². The number of hydrogen-bond donors (Lipinski definition) is 1. The van der Waals surface area contributed by atoms with Crippen LogP contribution in [0.1, 0.15) is 71.7 Å². The number of nitrogens with zero attached hydrogens (tertiary/aromatic N) is 1. The van der Waals surface area contributed by atoms with Gasteiger partial charge in [-0.25, -0.2) is 0 Å². The summed E-state index contributed by atoms with van der Waals surface area (Å²) in [5, 5.41) is 3.57. The molecule has 0 bridgehead atoms. The van der Waals surface area contributed by atoms with Gasteiger partial charge in [0, 0.05) is 25.6 Å². The van der Waals surface area contributed by atoms with E-state index in [4.69, 9.17) is 0 Å². The average molecular weight is 451 g/mol. The Morgan fingerprint density at radius 2 is 1.35 bits per heavy atom. The fourth-order valence-electron chi connectivity index (χ4n) is 6.34. The van der Waals surface area contributed by atoms with E-state index in [2.05, 4.69) is 95.1 Å². The van der Waals surface area contributed by atoms with Crippen LogP contribution in [0.4, 0.5) is 0 Å². The first kappa shape index (κ1) is 21.6. The van der Waals surface area contributed by atoms with Gasteiger partial charge in [0.2, 0.25) is 5.91 Å². The molecule has 3 fully saturated rings. The molecule has 1 amide bonds. The molecular formula is C31H34N2O. The zero-order chi connectivity index (χ0) is 22.9. The first-order valence-corrected chi connectivity index (χ1v) is 13.0. The number of nitrogens with one attached hydrogen (secondary N) is 1. The summed E-state index contributed by atoms with van der Waals surface area (Å²) in [6, 6.07) is 30.6. The fourth-order valence-corrected chi connectivity index (χ4v) is 6.34. The molecule has 3 aromatic carbocycles. The summed E-state index contributed by atoms with van der Waals surface area (Å²) in [4.78, 5) is 16.4. The smallest absolute Gasteiger partial charge is 0.228 e. The quantitative estimate of drug-likeness (QED) is 0.516. The first-order valence-electron chi connectivity index (χ1n) is 13.0. The standard InChI is InChI=1S/C31H34N2O/c34-31(29-21-32-20-28(29)27-14-8-7-13-26(27)23-15-16-23)33-18-17-25(22-9-3-1-4-10-22)19-30(33)24-11-5-2-6-12-24/h1-14,23,25,28-30,32H,15-21H2/t25-,28-,29+,30+/m0/s1. The molecule has 3 aliphatic rings. The summed E-state index contributed by atoms with van der Waals surface area (Å²) in [5.41, 5.74) is 5.55. The zero-order valence-electron chi connectivity index (χ0n) is 19.8. The topological polar surface area (TPSA) is 32.3 Å². The number of piperidine rings is 1. The van der Waals surface area contributed by atoms with Crippen molar-refractivity contribution >= 4 is 5.91 Å². The van der Waals surface area contributed by atoms with E-state index in [0.717, 1.165) is 32.5 Å². The lowest BCUT2D eigenvalue weighted by atomic mass is 9.80. The molecule has 2 aliphatic heterocycles. The number of amides is 1. The van der Waals surface area contributed by atoms with Gasteiger partial charge < -0.3 is 10.2 Å². The molecule has 0 aromatic heterocycles. The molecule has 4 atom stereocenters. The summed E-state index contributed by atoms with van der Waals surface area (Å²) in [5.74, 6) is 1.81. The van der Waals surface area contributed by atoms with Crippen LogP contribution < -0.4 is 5.32 Å². The Morgan fingerprint density at radius 3 is 2.06 bits per heavy atom. The van der Waals surface area contributed by atoms with Crippen molar-refractivity contribution in [2.45, 2.75) is 49.5 Å². The second-order valence-corrected chi connectivity index (χ2v) is 10.4. The molecule has 174 valence electrons. The Bertz CT molecular complexity index is 1120. The maximum Gasteiger partial charge on any atom is 0.228 e. The van der Waals surface area contributed by atoms with Gasteiger partial charge in [-0.1, -0.05) is 84.9 Å². The summed E-state index contributed by atoms with van der Waals surface area (Å²) < 4.78 is 0. The van der Waals surface area contributed by atoms with Crippen LogP contribution in [0.5, 0.6) is 0 Å². The monoisotopic (exact) mass is 450 g/mol. The second-order valence-electron chi connectivity index (χ2n) is 10.4. The van der Waals surface area contributed by atoms with Crippen LogP contribution in [0, 0.1) is 5.92 Å². The fraction of sp³-hybridized carbons (Fsp3) is 0.387. The molecule has 1 saturated carbocycles. The van der Waals surface area contributed by atoms with Crippen LogP contribution in [0.3, 0.4) is 0 Å². The molecule has 3 nitrogen and oxygen atoms in total. The molecule has 3 aromatic rings. The molecule has 1 N–H and O–H groups in total. The number of benzene rings is 3. The third kappa shape index (κ3) is 4.18. The Labute approximate surface area is 203 Å². The van der Waals surface area contributed by atoms with Crippen molar-refractivity contribution in [2.24, 2.45) is 5.92 Å². The lowest BCUT2D eigenvalue weighted by Gasteiger charge is -2.42. The number of likely N-dealkylation sites (tertiary alicyclic amines) is 1. The van der Waals surface area contributed by atoms with E-state index in [1.54, 1.807) is 0 Å². The molecule has 3 heteroatoms. The van der Waals surface area contributed by atoms with E-state index >= 15 is 0 Å². The van der Waals surface area contributed by atoms with Gasteiger partial charge in [-0.3, -0.25) is 4.79 Å². The molecule has 0 spiro atoms. The molecule has 34 heavy (non-hydrogen) atoms. The van der Waals surface area contributed by atoms with Gasteiger partial charge in [0.25, 0.3) is 0 Å². The van der Waals surface area contributed by atoms with E-state index in [1.165, 1.54) is 35.1 Å². The summed E-state index contributed by atoms with van der Waals surface area (Å²) in [6.07, 6.45) is 4.60. The lowest BCUT2D eigenvalue weighted by molar-refractivity contribution is -0.139. The van der Waals surface area contributed by atoms with Gasteiger partial charge in [0.1, 0.15) is 0 Å². The number of rotatable bonds is 5. The van der Waals surface area contributed by atoms with E-state index < -0.39 is 0 Å². The first-order chi connectivity index (χ1) is 16.8. The molecule has 0 radical (unpaired) electrons. The van der Waals surface area contributed by atoms with Gasteiger partial charge >= 0.3 is 0 Å². The highest BCUT2D eigenvalue weighted by Gasteiger charge is 2.42. The highest BCUT2D eigenvalue weighted by atomic mass is 16.2. The van der Waals surface area contributed by atoms with E-state index in [9.17, 15) is 4.79 Å². The van der Waals surface area contributed by atoms with Crippen molar-refractivity contribution < 1.29 is 4.79 Å². The van der Waals surface area contributed by atoms with Crippen LogP contribution in [0.15, 0.2) is 84.9 Å². The highest BCUT2D eigenvalue weighted by molar-refractivity contribution is 5.81. The average Bonchev–Trinajstić information content (AvgIpc) is 3.65. The third-order valence-electron chi connectivity index (χ3n) is 8.28. The van der Waals surface area contributed by atoms with Gasteiger partial charge in [0.05, 0.1) is 12.0 Å². The van der Waals surface area contributed by atoms with Crippen LogP contribution in [0.2, 0.25) is 0 Å². The minimum atomic E-state index is 0.0133. The van der Waals surface area contributed by atoms with Crippen LogP contribution in [-0.2, 0) is 4.79 Å². The number of carbonyl (C=O) groups is 1. The number of carbonyl (C=O) groups excluding carboxylic acids is 1. The van der Waals surface area contributed by atoms with Crippen molar-refractivity contribution in [2.75, 3.05) is 19.6 Å². The van der Waals surface area contributed by atoms with Gasteiger partial charge in [0.15, 0.2) is 0 Å². The predicted molar refractivity (Wildman–Crippen MR) is 137 cm³/mol. The van der Waals surface area contributed by atoms with E-state index in [1.807, 2.05) is 0 Å². The Balaban J connectivity index is 1.29. The third-order valence-corrected chi connectivity index (χ3v) is 8.28. The normalized spacial score (nSPS) is 27.0. The Morgan fingerprint density at radius 1 is 0.706 bits per heavy atom. The van der Waals surface area contributed by atoms with Gasteiger partial charge in [-0.05, 0) is 59.8 Å². The summed E-state index contributed by atoms with van der Waals surface area (Å²) in [7, 11) is 0. The van der Waals surface area contributed by atoms with Crippen molar-refractivity contribution in [3.8, 4) is 0 Å². The molecule has 2 saturated heterocycles. The summed E-state index contributed by atoms with van der Waals surface area (Å²) >= 11 is 0. The van der Waals surface area contributed by atoms with Gasteiger partial charge in [-0.15, -0.1) is 0 Å². The lowest BCUT2D eigenvalue weighted by Crippen LogP contribution is -2.45. The molecule has 2 heterocycles. The summed E-state index contributed by atoms with van der Waals surface area (Å²) in [6.45, 7) is 2.50. The van der Waals surface area contributed by atoms with Crippen LogP contribution in [-0.4, -0.2) is 30.4 Å². The van der Waals surface area contributed by atoms with Crippen LogP contribution in [0.25, 0.3) is 0 Å². The molecule has 1 aliphatic carbocycles. The second kappa shape index (κ2) is 9.38. The zero-order valence-corrected chi connectivity index (χ0v) is 19.8. The highest BCUT2D eigenvalue weighted by Crippen LogP contribution is 2.46. The largest absolute Gasteiger partial charge is 0.335 e. The Hall–Kier alpha value is -2.91. The molecule has 6 rings (SSSR count). The maximum absolute atomic E-state index is 14.2. The SMILES string of the molecule is O=C([C@@H]1CNC[C@H]1c1ccccc1C1CC1)N1CC[C@H](c2ccccc2)C[C@@H]1c1ccccc1. The molecule has 0 unspecified atom stereocenters. The minimum Gasteiger partial charge on any atom is -0.335 e. The predicted octanol–water partition coefficient (Wildman–Crippen LogP) is 6.01. The molecular weight excluding hydrogens is 416 g/mol. The number of hydrogen-bond acceptors (Lipinski definition) is 2. The maximum atomic E-state index is 14.2. The Kier molecular flexibility index (Phi) is 5.97. The van der Waals surface area contributed by atoms with Crippen molar-refractivity contribution in [3.63, 3.8) is 0 Å². The minimum absolute atomic E-state index is 0.0133. The van der Waals surface area contributed by atoms with Crippen molar-refractivity contribution in [3.05, 3.63) is 107 Å². The van der Waals surface area contributed by atoms with E-state index in [0.29, 0.717) is 17.7 Å². The van der Waals surface area contributed by atoms with Crippen molar-refractivity contribution in [1.82, 2.24) is 10.2 Å². The van der Waals surface area contributed by atoms with E-state index in [-0.39, 0.29) is 17.9 Å².